The molecule has 2 aliphatic rings. The van der Waals surface area contributed by atoms with Crippen LogP contribution in [0.1, 0.15) is 0 Å². The monoisotopic (exact) mass is 342 g/mol. The third-order valence-corrected chi connectivity index (χ3v) is 3.98. The first-order chi connectivity index (χ1) is 10.8. The predicted molar refractivity (Wildman–Crippen MR) is 68.6 cm³/mol. The van der Waals surface area contributed by atoms with Crippen molar-refractivity contribution in [1.29, 1.82) is 0 Å². The maximum Gasteiger partial charge on any atom is 0.187 e. The van der Waals surface area contributed by atoms with Gasteiger partial charge in [0.05, 0.1) is 13.2 Å². The molecule has 0 bridgehead atoms. The summed E-state index contributed by atoms with van der Waals surface area (Å²) in [5, 5.41) is 76.5. The molecule has 0 aromatic carbocycles. The Kier molecular flexibility index (Phi) is 6.27. The Morgan fingerprint density at radius 2 is 1.26 bits per heavy atom. The van der Waals surface area contributed by atoms with Crippen LogP contribution in [0.2, 0.25) is 0 Å². The van der Waals surface area contributed by atoms with Gasteiger partial charge < -0.3 is 55.1 Å². The van der Waals surface area contributed by atoms with Gasteiger partial charge in [0.2, 0.25) is 0 Å². The Morgan fingerprint density at radius 1 is 0.652 bits per heavy atom. The van der Waals surface area contributed by atoms with Crippen molar-refractivity contribution in [3.05, 3.63) is 0 Å². The SMILES string of the molecule is OCC1O[C@@H](O[C@H]2C(O)C(O)[C@@H](O)O[C@@H]2CO)C(O)[C@@H](O)[C@H]1O. The molecule has 2 aliphatic heterocycles. The summed E-state index contributed by atoms with van der Waals surface area (Å²) < 4.78 is 15.3. The highest BCUT2D eigenvalue weighted by atomic mass is 16.7. The summed E-state index contributed by atoms with van der Waals surface area (Å²) in [6.45, 7) is -1.35. The summed E-state index contributed by atoms with van der Waals surface area (Å²) in [6, 6.07) is 0. The Balaban J connectivity index is 2.11. The van der Waals surface area contributed by atoms with E-state index < -0.39 is 74.6 Å². The molecule has 0 saturated carbocycles. The van der Waals surface area contributed by atoms with Gasteiger partial charge in [0, 0.05) is 0 Å². The minimum Gasteiger partial charge on any atom is -0.394 e. The van der Waals surface area contributed by atoms with Crippen LogP contribution >= 0.6 is 0 Å². The van der Waals surface area contributed by atoms with Gasteiger partial charge in [-0.25, -0.2) is 0 Å². The van der Waals surface area contributed by atoms with Gasteiger partial charge in [0.1, 0.15) is 48.8 Å². The van der Waals surface area contributed by atoms with E-state index in [0.29, 0.717) is 0 Å². The van der Waals surface area contributed by atoms with Crippen molar-refractivity contribution in [1.82, 2.24) is 0 Å². The first-order valence-corrected chi connectivity index (χ1v) is 7.08. The molecule has 0 aliphatic carbocycles. The number of aliphatic hydroxyl groups is 8. The second-order valence-corrected chi connectivity index (χ2v) is 5.53. The molecular formula is C12H22O11. The van der Waals surface area contributed by atoms with Gasteiger partial charge in [-0.05, 0) is 0 Å². The summed E-state index contributed by atoms with van der Waals surface area (Å²) in [5.74, 6) is 0. The molecule has 2 saturated heterocycles. The van der Waals surface area contributed by atoms with E-state index in [1.54, 1.807) is 0 Å². The highest BCUT2D eigenvalue weighted by Gasteiger charge is 2.50. The van der Waals surface area contributed by atoms with Crippen molar-refractivity contribution >= 4 is 0 Å². The number of ether oxygens (including phenoxy) is 3. The Labute approximate surface area is 130 Å². The smallest absolute Gasteiger partial charge is 0.187 e. The zero-order chi connectivity index (χ0) is 17.3. The molecule has 0 aromatic heterocycles. The standard InChI is InChI=1S/C12H22O11/c13-1-3-5(15)6(16)9(19)12(22-3)23-10-4(2-14)21-11(20)8(18)7(10)17/h3-20H,1-2H2/t3?,4-,5+,6+,7?,8?,9?,10-,11+,12+/m1/s1. The number of rotatable bonds is 4. The van der Waals surface area contributed by atoms with Gasteiger partial charge in [-0.2, -0.15) is 0 Å². The fourth-order valence-corrected chi connectivity index (χ4v) is 2.57. The molecule has 10 atom stereocenters. The van der Waals surface area contributed by atoms with Crippen molar-refractivity contribution in [3.8, 4) is 0 Å². The van der Waals surface area contributed by atoms with E-state index in [-0.39, 0.29) is 0 Å². The van der Waals surface area contributed by atoms with E-state index in [2.05, 4.69) is 0 Å². The summed E-state index contributed by atoms with van der Waals surface area (Å²) in [6.07, 6.45) is -15.6. The summed E-state index contributed by atoms with van der Waals surface area (Å²) >= 11 is 0. The van der Waals surface area contributed by atoms with Crippen molar-refractivity contribution in [2.75, 3.05) is 13.2 Å². The number of aliphatic hydroxyl groups excluding tert-OH is 8. The lowest BCUT2D eigenvalue weighted by Crippen LogP contribution is -2.64. The molecular weight excluding hydrogens is 320 g/mol. The van der Waals surface area contributed by atoms with Crippen LogP contribution in [0.4, 0.5) is 0 Å². The third-order valence-electron chi connectivity index (χ3n) is 3.98. The topological polar surface area (TPSA) is 190 Å². The van der Waals surface area contributed by atoms with E-state index >= 15 is 0 Å². The average molecular weight is 342 g/mol. The second kappa shape index (κ2) is 7.63. The minimum absolute atomic E-state index is 0.667. The van der Waals surface area contributed by atoms with Crippen LogP contribution in [0, 0.1) is 0 Å². The molecule has 8 N–H and O–H groups in total. The quantitative estimate of drug-likeness (QED) is 0.243. The van der Waals surface area contributed by atoms with E-state index in [1.807, 2.05) is 0 Å². The van der Waals surface area contributed by atoms with Crippen LogP contribution in [0.3, 0.4) is 0 Å². The van der Waals surface area contributed by atoms with E-state index in [9.17, 15) is 35.7 Å². The molecule has 23 heavy (non-hydrogen) atoms. The molecule has 2 rings (SSSR count). The van der Waals surface area contributed by atoms with Gasteiger partial charge in [0.15, 0.2) is 12.6 Å². The minimum atomic E-state index is -1.74. The van der Waals surface area contributed by atoms with E-state index in [1.165, 1.54) is 0 Å². The lowest BCUT2D eigenvalue weighted by molar-refractivity contribution is -0.355. The van der Waals surface area contributed by atoms with Crippen LogP contribution < -0.4 is 0 Å². The molecule has 2 fully saturated rings. The van der Waals surface area contributed by atoms with Crippen LogP contribution in [-0.4, -0.2) is 115 Å². The molecule has 0 amide bonds. The number of hydrogen-bond acceptors (Lipinski definition) is 11. The fraction of sp³-hybridized carbons (Fsp3) is 1.00. The summed E-state index contributed by atoms with van der Waals surface area (Å²) in [7, 11) is 0. The lowest BCUT2D eigenvalue weighted by atomic mass is 9.97. The number of hydrogen-bond donors (Lipinski definition) is 8. The highest BCUT2D eigenvalue weighted by Crippen LogP contribution is 2.28. The van der Waals surface area contributed by atoms with Crippen LogP contribution in [0.5, 0.6) is 0 Å². The first-order valence-electron chi connectivity index (χ1n) is 7.08. The van der Waals surface area contributed by atoms with Crippen molar-refractivity contribution in [2.24, 2.45) is 0 Å². The molecule has 11 nitrogen and oxygen atoms in total. The normalized spacial score (nSPS) is 51.7. The second-order valence-electron chi connectivity index (χ2n) is 5.53. The highest BCUT2D eigenvalue weighted by molar-refractivity contribution is 4.93. The van der Waals surface area contributed by atoms with Crippen molar-refractivity contribution in [3.63, 3.8) is 0 Å². The maximum atomic E-state index is 9.94. The largest absolute Gasteiger partial charge is 0.394 e. The van der Waals surface area contributed by atoms with Crippen LogP contribution in [0.15, 0.2) is 0 Å². The molecule has 2 heterocycles. The van der Waals surface area contributed by atoms with Crippen LogP contribution in [-0.2, 0) is 14.2 Å². The molecule has 0 spiro atoms. The molecule has 11 heteroatoms. The molecule has 136 valence electrons. The summed E-state index contributed by atoms with van der Waals surface area (Å²) in [4.78, 5) is 0. The van der Waals surface area contributed by atoms with E-state index in [0.717, 1.165) is 0 Å². The van der Waals surface area contributed by atoms with Crippen LogP contribution in [0.25, 0.3) is 0 Å². The average Bonchev–Trinajstić information content (AvgIpc) is 2.55. The lowest BCUT2D eigenvalue weighted by Gasteiger charge is -2.45. The first kappa shape index (κ1) is 18.9. The zero-order valence-electron chi connectivity index (χ0n) is 12.0. The van der Waals surface area contributed by atoms with Gasteiger partial charge in [-0.3, -0.25) is 0 Å². The molecule has 0 aromatic rings. The predicted octanol–water partition coefficient (Wildman–Crippen LogP) is -5.40. The zero-order valence-corrected chi connectivity index (χ0v) is 12.0. The molecule has 4 unspecified atom stereocenters. The van der Waals surface area contributed by atoms with Gasteiger partial charge >= 0.3 is 0 Å². The van der Waals surface area contributed by atoms with Crippen molar-refractivity contribution < 1.29 is 55.1 Å². The summed E-state index contributed by atoms with van der Waals surface area (Å²) in [5.41, 5.74) is 0. The van der Waals surface area contributed by atoms with Gasteiger partial charge in [-0.15, -0.1) is 0 Å². The van der Waals surface area contributed by atoms with Gasteiger partial charge in [-0.1, -0.05) is 0 Å². The third kappa shape index (κ3) is 3.65. The Hall–Kier alpha value is -0.440. The Morgan fingerprint density at radius 3 is 1.83 bits per heavy atom. The maximum absolute atomic E-state index is 9.94. The van der Waals surface area contributed by atoms with Gasteiger partial charge in [0.25, 0.3) is 0 Å². The van der Waals surface area contributed by atoms with Crippen molar-refractivity contribution in [2.45, 2.75) is 61.4 Å². The fourth-order valence-electron chi connectivity index (χ4n) is 2.57. The van der Waals surface area contributed by atoms with E-state index in [4.69, 9.17) is 19.3 Å². The Bertz CT molecular complexity index is 378. The molecule has 0 radical (unpaired) electrons.